The van der Waals surface area contributed by atoms with Crippen LogP contribution in [0.5, 0.6) is 0 Å². The van der Waals surface area contributed by atoms with E-state index in [0.29, 0.717) is 5.56 Å². The van der Waals surface area contributed by atoms with E-state index in [4.69, 9.17) is 9.05 Å². The average Bonchev–Trinajstić information content (AvgIpc) is 2.39. The summed E-state index contributed by atoms with van der Waals surface area (Å²) in [4.78, 5) is 12.0. The molecule has 0 atom stereocenters. The van der Waals surface area contributed by atoms with Gasteiger partial charge in [0, 0.05) is 19.8 Å². The summed E-state index contributed by atoms with van der Waals surface area (Å²) in [5.74, 6) is -0.256. The van der Waals surface area contributed by atoms with Gasteiger partial charge in [-0.1, -0.05) is 30.4 Å². The van der Waals surface area contributed by atoms with Gasteiger partial charge in [-0.25, -0.2) is 0 Å². The number of hydrogen-bond acceptors (Lipinski definition) is 4. The van der Waals surface area contributed by atoms with Crippen molar-refractivity contribution >= 4 is 19.5 Å². The Morgan fingerprint density at radius 3 is 2.56 bits per heavy atom. The zero-order chi connectivity index (χ0) is 13.6. The van der Waals surface area contributed by atoms with Crippen molar-refractivity contribution in [3.63, 3.8) is 0 Å². The number of Topliss-reactive ketones (excluding diaryl/α,β-unsaturated/α-hetero) is 1. The van der Waals surface area contributed by atoms with Crippen molar-refractivity contribution in [2.24, 2.45) is 0 Å². The van der Waals surface area contributed by atoms with E-state index >= 15 is 0 Å². The van der Waals surface area contributed by atoms with Gasteiger partial charge in [0.25, 0.3) is 0 Å². The zero-order valence-electron chi connectivity index (χ0n) is 10.8. The van der Waals surface area contributed by atoms with Crippen molar-refractivity contribution in [1.82, 2.24) is 0 Å². The van der Waals surface area contributed by atoms with Crippen molar-refractivity contribution in [3.05, 3.63) is 41.5 Å². The van der Waals surface area contributed by atoms with E-state index in [2.05, 4.69) is 0 Å². The normalized spacial score (nSPS) is 11.9. The summed E-state index contributed by atoms with van der Waals surface area (Å²) in [6, 6.07) is 7.11. The Kier molecular flexibility index (Phi) is 5.48. The largest absolute Gasteiger partial charge is 0.337 e. The predicted octanol–water partition coefficient (Wildman–Crippen LogP) is 3.39. The van der Waals surface area contributed by atoms with Gasteiger partial charge in [-0.2, -0.15) is 0 Å². The van der Waals surface area contributed by atoms with Crippen molar-refractivity contribution in [3.8, 4) is 0 Å². The molecule has 0 saturated heterocycles. The molecule has 0 saturated carbocycles. The van der Waals surface area contributed by atoms with Crippen LogP contribution in [0.15, 0.2) is 30.3 Å². The Morgan fingerprint density at radius 2 is 2.00 bits per heavy atom. The average molecular weight is 268 g/mol. The summed E-state index contributed by atoms with van der Waals surface area (Å²) in [6.07, 6.45) is 3.53. The molecule has 0 aromatic heterocycles. The fourth-order valence-electron chi connectivity index (χ4n) is 1.48. The van der Waals surface area contributed by atoms with Crippen LogP contribution < -0.4 is 0 Å². The second-order valence-corrected chi connectivity index (χ2v) is 5.95. The fraction of sp³-hybridized carbons (Fsp3) is 0.308. The standard InChI is InChI=1S/C13H17O4P/c1-4-6-11-7-5-8-12(9-11)13(14)10-18(15,16-2)17-3/h4-9H,10H2,1-3H3. The number of allylic oxidation sites excluding steroid dienone is 1. The minimum atomic E-state index is -3.30. The van der Waals surface area contributed by atoms with E-state index in [1.165, 1.54) is 14.2 Å². The fourth-order valence-corrected chi connectivity index (χ4v) is 2.42. The van der Waals surface area contributed by atoms with Crippen molar-refractivity contribution in [2.75, 3.05) is 20.4 Å². The van der Waals surface area contributed by atoms with Crippen LogP contribution in [0, 0.1) is 0 Å². The maximum atomic E-state index is 12.0. The van der Waals surface area contributed by atoms with Crippen LogP contribution in [-0.4, -0.2) is 26.2 Å². The molecular formula is C13H17O4P. The SMILES string of the molecule is CC=Cc1cccc(C(=O)CP(=O)(OC)OC)c1. The first kappa shape index (κ1) is 14.8. The molecule has 1 rings (SSSR count). The topological polar surface area (TPSA) is 52.6 Å². The predicted molar refractivity (Wildman–Crippen MR) is 72.0 cm³/mol. The molecule has 98 valence electrons. The molecule has 0 N–H and O–H groups in total. The lowest BCUT2D eigenvalue weighted by molar-refractivity contribution is 0.101. The molecule has 0 spiro atoms. The van der Waals surface area contributed by atoms with E-state index < -0.39 is 7.60 Å². The quantitative estimate of drug-likeness (QED) is 0.586. The van der Waals surface area contributed by atoms with E-state index in [0.717, 1.165) is 5.56 Å². The highest BCUT2D eigenvalue weighted by Crippen LogP contribution is 2.46. The van der Waals surface area contributed by atoms with Crippen molar-refractivity contribution in [2.45, 2.75) is 6.92 Å². The van der Waals surface area contributed by atoms with Gasteiger partial charge >= 0.3 is 7.60 Å². The molecule has 18 heavy (non-hydrogen) atoms. The lowest BCUT2D eigenvalue weighted by Crippen LogP contribution is -2.08. The first-order valence-electron chi connectivity index (χ1n) is 5.51. The molecule has 0 bridgehead atoms. The highest BCUT2D eigenvalue weighted by Gasteiger charge is 2.26. The summed E-state index contributed by atoms with van der Waals surface area (Å²) in [7, 11) is -0.758. The summed E-state index contributed by atoms with van der Waals surface area (Å²) in [6.45, 7) is 1.90. The van der Waals surface area contributed by atoms with Gasteiger partial charge in [0.1, 0.15) is 6.16 Å². The van der Waals surface area contributed by atoms with Crippen LogP contribution in [0.4, 0.5) is 0 Å². The molecule has 1 aromatic carbocycles. The Labute approximate surface area is 107 Å². The maximum absolute atomic E-state index is 12.0. The Bertz CT molecular complexity index is 486. The Hall–Kier alpha value is -1.22. The molecule has 4 nitrogen and oxygen atoms in total. The molecule has 0 fully saturated rings. The molecule has 0 unspecified atom stereocenters. The van der Waals surface area contributed by atoms with Gasteiger partial charge in [0.05, 0.1) is 0 Å². The Morgan fingerprint density at radius 1 is 1.33 bits per heavy atom. The third-order valence-corrected chi connectivity index (χ3v) is 4.25. The molecule has 5 heteroatoms. The van der Waals surface area contributed by atoms with Crippen LogP contribution >= 0.6 is 7.60 Å². The number of carbonyl (C=O) groups is 1. The second kappa shape index (κ2) is 6.64. The van der Waals surface area contributed by atoms with Gasteiger partial charge in [-0.15, -0.1) is 0 Å². The number of ketones is 1. The van der Waals surface area contributed by atoms with Crippen molar-refractivity contribution in [1.29, 1.82) is 0 Å². The Balaban J connectivity index is 2.91. The van der Waals surface area contributed by atoms with Crippen LogP contribution in [0.2, 0.25) is 0 Å². The highest BCUT2D eigenvalue weighted by atomic mass is 31.2. The van der Waals surface area contributed by atoms with Crippen LogP contribution in [0.25, 0.3) is 6.08 Å². The molecule has 0 aliphatic rings. The minimum Gasteiger partial charge on any atom is -0.312 e. The minimum absolute atomic E-state index is 0.251. The van der Waals surface area contributed by atoms with E-state index in [1.54, 1.807) is 18.2 Å². The molecule has 0 aliphatic heterocycles. The maximum Gasteiger partial charge on any atom is 0.337 e. The summed E-state index contributed by atoms with van der Waals surface area (Å²) >= 11 is 0. The number of hydrogen-bond donors (Lipinski definition) is 0. The van der Waals surface area contributed by atoms with E-state index in [1.807, 2.05) is 25.1 Å². The first-order valence-corrected chi connectivity index (χ1v) is 7.24. The molecule has 0 heterocycles. The van der Waals surface area contributed by atoms with Gasteiger partial charge in [-0.3, -0.25) is 9.36 Å². The first-order chi connectivity index (χ1) is 8.54. The van der Waals surface area contributed by atoms with Crippen LogP contribution in [0.1, 0.15) is 22.8 Å². The third kappa shape index (κ3) is 3.91. The van der Waals surface area contributed by atoms with Gasteiger partial charge in [0.2, 0.25) is 0 Å². The van der Waals surface area contributed by atoms with Crippen molar-refractivity contribution < 1.29 is 18.4 Å². The molecular weight excluding hydrogens is 251 g/mol. The smallest absolute Gasteiger partial charge is 0.312 e. The summed E-state index contributed by atoms with van der Waals surface area (Å²) in [5, 5.41) is 0. The summed E-state index contributed by atoms with van der Waals surface area (Å²) < 4.78 is 21.4. The van der Waals surface area contributed by atoms with Crippen LogP contribution in [-0.2, 0) is 13.6 Å². The van der Waals surface area contributed by atoms with Gasteiger partial charge in [0.15, 0.2) is 5.78 Å². The third-order valence-electron chi connectivity index (χ3n) is 2.46. The zero-order valence-corrected chi connectivity index (χ0v) is 11.6. The molecule has 0 aliphatic carbocycles. The van der Waals surface area contributed by atoms with E-state index in [9.17, 15) is 9.36 Å². The van der Waals surface area contributed by atoms with Gasteiger partial charge < -0.3 is 9.05 Å². The molecule has 1 aromatic rings. The lowest BCUT2D eigenvalue weighted by atomic mass is 10.1. The van der Waals surface area contributed by atoms with E-state index in [-0.39, 0.29) is 11.9 Å². The van der Waals surface area contributed by atoms with Crippen LogP contribution in [0.3, 0.4) is 0 Å². The molecule has 0 amide bonds. The lowest BCUT2D eigenvalue weighted by Gasteiger charge is -2.12. The molecule has 0 radical (unpaired) electrons. The number of rotatable bonds is 6. The number of benzene rings is 1. The van der Waals surface area contributed by atoms with Gasteiger partial charge in [-0.05, 0) is 18.6 Å². The number of carbonyl (C=O) groups excluding carboxylic acids is 1. The monoisotopic (exact) mass is 268 g/mol. The highest BCUT2D eigenvalue weighted by molar-refractivity contribution is 7.54. The second-order valence-electron chi connectivity index (χ2n) is 3.68. The summed E-state index contributed by atoms with van der Waals surface area (Å²) in [5.41, 5.74) is 1.42.